The maximum atomic E-state index is 5.74. The first-order valence-corrected chi connectivity index (χ1v) is 5.13. The fourth-order valence-electron chi connectivity index (χ4n) is 2.76. The van der Waals surface area contributed by atoms with Crippen molar-refractivity contribution in [2.45, 2.75) is 38.1 Å². The second-order valence-corrected chi connectivity index (χ2v) is 4.08. The van der Waals surface area contributed by atoms with Crippen molar-refractivity contribution >= 4 is 5.96 Å². The lowest BCUT2D eigenvalue weighted by Crippen LogP contribution is -2.43. The summed E-state index contributed by atoms with van der Waals surface area (Å²) in [5.74, 6) is 6.56. The third-order valence-corrected chi connectivity index (χ3v) is 3.44. The highest BCUT2D eigenvalue weighted by atomic mass is 15.3. The van der Waals surface area contributed by atoms with Gasteiger partial charge in [0.15, 0.2) is 0 Å². The molecule has 1 saturated heterocycles. The zero-order valence-corrected chi connectivity index (χ0v) is 7.95. The monoisotopic (exact) mass is 182 g/mol. The molecule has 0 amide bonds. The topological polar surface area (TPSA) is 67.6 Å². The Hall–Kier alpha value is -0.930. The van der Waals surface area contributed by atoms with E-state index in [0.29, 0.717) is 12.0 Å². The molecule has 4 N–H and O–H groups in total. The molecular formula is C9H18N4. The van der Waals surface area contributed by atoms with Crippen LogP contribution >= 0.6 is 0 Å². The molecule has 2 aliphatic rings. The molecule has 13 heavy (non-hydrogen) atoms. The summed E-state index contributed by atoms with van der Waals surface area (Å²) in [6.07, 6.45) is 6.60. The molecule has 2 atom stereocenters. The highest BCUT2D eigenvalue weighted by Gasteiger charge is 2.36. The van der Waals surface area contributed by atoms with Gasteiger partial charge >= 0.3 is 0 Å². The van der Waals surface area contributed by atoms with Crippen molar-refractivity contribution in [3.05, 3.63) is 0 Å². The maximum absolute atomic E-state index is 5.74. The molecule has 0 aromatic rings. The van der Waals surface area contributed by atoms with Crippen molar-refractivity contribution in [3.8, 4) is 0 Å². The van der Waals surface area contributed by atoms with E-state index < -0.39 is 0 Å². The summed E-state index contributed by atoms with van der Waals surface area (Å²) in [6.45, 7) is 1.04. The van der Waals surface area contributed by atoms with Crippen LogP contribution in [0.25, 0.3) is 0 Å². The number of hydrogen-bond donors (Lipinski definition) is 2. The molecule has 4 heteroatoms. The van der Waals surface area contributed by atoms with Crippen molar-refractivity contribution in [3.63, 3.8) is 0 Å². The van der Waals surface area contributed by atoms with Crippen LogP contribution in [0.15, 0.2) is 5.10 Å². The van der Waals surface area contributed by atoms with E-state index >= 15 is 0 Å². The van der Waals surface area contributed by atoms with Gasteiger partial charge < -0.3 is 16.5 Å². The number of nitrogens with two attached hydrogens (primary N) is 2. The van der Waals surface area contributed by atoms with E-state index in [4.69, 9.17) is 11.6 Å². The van der Waals surface area contributed by atoms with Gasteiger partial charge in [-0.2, -0.15) is 0 Å². The summed E-state index contributed by atoms with van der Waals surface area (Å²) < 4.78 is 0. The average Bonchev–Trinajstić information content (AvgIpc) is 2.60. The standard InChI is InChI=1S/C9H18N4/c10-9(12-11)13-6-5-7-3-1-2-4-8(7)13/h7-8H,1-6,11H2,(H2,10,12)/t7-,8-/m0/s1. The number of hydrazone groups is 1. The Morgan fingerprint density at radius 3 is 2.77 bits per heavy atom. The average molecular weight is 182 g/mol. The summed E-state index contributed by atoms with van der Waals surface area (Å²) >= 11 is 0. The molecule has 1 saturated carbocycles. The second-order valence-electron chi connectivity index (χ2n) is 4.08. The van der Waals surface area contributed by atoms with Crippen molar-refractivity contribution in [2.75, 3.05) is 6.54 Å². The molecule has 0 aromatic heterocycles. The van der Waals surface area contributed by atoms with Crippen LogP contribution in [-0.2, 0) is 0 Å². The minimum atomic E-state index is 0.523. The van der Waals surface area contributed by atoms with Gasteiger partial charge in [-0.05, 0) is 25.2 Å². The zero-order chi connectivity index (χ0) is 9.26. The van der Waals surface area contributed by atoms with Crippen LogP contribution in [0.2, 0.25) is 0 Å². The summed E-state index contributed by atoms with van der Waals surface area (Å²) in [7, 11) is 0. The summed E-state index contributed by atoms with van der Waals surface area (Å²) in [6, 6.07) is 0.626. The van der Waals surface area contributed by atoms with Gasteiger partial charge in [-0.1, -0.05) is 12.8 Å². The summed E-state index contributed by atoms with van der Waals surface area (Å²) in [5, 5.41) is 3.58. The van der Waals surface area contributed by atoms with Gasteiger partial charge in [0.05, 0.1) is 0 Å². The van der Waals surface area contributed by atoms with Gasteiger partial charge in [-0.25, -0.2) is 0 Å². The number of likely N-dealkylation sites (tertiary alicyclic amines) is 1. The highest BCUT2D eigenvalue weighted by Crippen LogP contribution is 2.35. The first-order chi connectivity index (χ1) is 6.33. The molecule has 2 rings (SSSR count). The molecular weight excluding hydrogens is 164 g/mol. The van der Waals surface area contributed by atoms with E-state index in [9.17, 15) is 0 Å². The minimum Gasteiger partial charge on any atom is -0.368 e. The van der Waals surface area contributed by atoms with Crippen LogP contribution in [0.3, 0.4) is 0 Å². The Balaban J connectivity index is 2.06. The van der Waals surface area contributed by atoms with E-state index in [0.717, 1.165) is 12.5 Å². The van der Waals surface area contributed by atoms with E-state index in [1.165, 1.54) is 32.1 Å². The van der Waals surface area contributed by atoms with E-state index in [2.05, 4.69) is 10.0 Å². The SMILES string of the molecule is N/N=C(\N)N1CC[C@@H]2CCCC[C@@H]21. The molecule has 74 valence electrons. The lowest BCUT2D eigenvalue weighted by Gasteiger charge is -2.31. The predicted molar refractivity (Wildman–Crippen MR) is 52.9 cm³/mol. The largest absolute Gasteiger partial charge is 0.368 e. The second kappa shape index (κ2) is 3.44. The Bertz CT molecular complexity index is 214. The molecule has 1 aliphatic heterocycles. The quantitative estimate of drug-likeness (QED) is 0.247. The molecule has 0 aromatic carbocycles. The lowest BCUT2D eigenvalue weighted by atomic mass is 9.85. The lowest BCUT2D eigenvalue weighted by molar-refractivity contribution is 0.252. The number of guanidine groups is 1. The third kappa shape index (κ3) is 1.45. The molecule has 2 fully saturated rings. The van der Waals surface area contributed by atoms with Crippen LogP contribution in [0.5, 0.6) is 0 Å². The zero-order valence-electron chi connectivity index (χ0n) is 7.95. The number of rotatable bonds is 0. The Labute approximate surface area is 79.0 Å². The smallest absolute Gasteiger partial charge is 0.213 e. The van der Waals surface area contributed by atoms with Crippen LogP contribution in [-0.4, -0.2) is 23.4 Å². The molecule has 0 unspecified atom stereocenters. The van der Waals surface area contributed by atoms with Gasteiger partial charge in [-0.3, -0.25) is 0 Å². The fraction of sp³-hybridized carbons (Fsp3) is 0.889. The number of fused-ring (bicyclic) bond motifs is 1. The van der Waals surface area contributed by atoms with Crippen molar-refractivity contribution in [2.24, 2.45) is 22.6 Å². The van der Waals surface area contributed by atoms with Crippen LogP contribution < -0.4 is 11.6 Å². The van der Waals surface area contributed by atoms with Gasteiger partial charge in [0.1, 0.15) is 0 Å². The minimum absolute atomic E-state index is 0.523. The van der Waals surface area contributed by atoms with Gasteiger partial charge in [0.2, 0.25) is 5.96 Å². The first kappa shape index (κ1) is 8.66. The number of nitrogens with zero attached hydrogens (tertiary/aromatic N) is 2. The van der Waals surface area contributed by atoms with Crippen LogP contribution in [0.4, 0.5) is 0 Å². The Morgan fingerprint density at radius 2 is 2.00 bits per heavy atom. The van der Waals surface area contributed by atoms with E-state index in [1.54, 1.807) is 0 Å². The molecule has 4 nitrogen and oxygen atoms in total. The Morgan fingerprint density at radius 1 is 1.23 bits per heavy atom. The van der Waals surface area contributed by atoms with Gasteiger partial charge in [-0.15, -0.1) is 5.10 Å². The normalized spacial score (nSPS) is 34.8. The van der Waals surface area contributed by atoms with Crippen LogP contribution in [0.1, 0.15) is 32.1 Å². The predicted octanol–water partition coefficient (Wildman–Crippen LogP) is 0.439. The van der Waals surface area contributed by atoms with Crippen LogP contribution in [0, 0.1) is 5.92 Å². The van der Waals surface area contributed by atoms with Crippen molar-refractivity contribution in [1.82, 2.24) is 4.90 Å². The maximum Gasteiger partial charge on any atom is 0.213 e. The van der Waals surface area contributed by atoms with Crippen molar-refractivity contribution in [1.29, 1.82) is 0 Å². The first-order valence-electron chi connectivity index (χ1n) is 5.13. The highest BCUT2D eigenvalue weighted by molar-refractivity contribution is 5.78. The molecule has 1 aliphatic carbocycles. The van der Waals surface area contributed by atoms with Gasteiger partial charge in [0.25, 0.3) is 0 Å². The van der Waals surface area contributed by atoms with E-state index in [1.807, 2.05) is 0 Å². The van der Waals surface area contributed by atoms with E-state index in [-0.39, 0.29) is 0 Å². The molecule has 1 heterocycles. The summed E-state index contributed by atoms with van der Waals surface area (Å²) in [5.41, 5.74) is 5.74. The fourth-order valence-corrected chi connectivity index (χ4v) is 2.76. The third-order valence-electron chi connectivity index (χ3n) is 3.44. The Kier molecular flexibility index (Phi) is 2.29. The summed E-state index contributed by atoms with van der Waals surface area (Å²) in [4.78, 5) is 2.18. The molecule has 0 spiro atoms. The molecule has 0 bridgehead atoms. The van der Waals surface area contributed by atoms with Gasteiger partial charge in [0, 0.05) is 12.6 Å². The molecule has 0 radical (unpaired) electrons. The number of hydrogen-bond acceptors (Lipinski definition) is 2. The van der Waals surface area contributed by atoms with Crippen molar-refractivity contribution < 1.29 is 0 Å².